The van der Waals surface area contributed by atoms with Crippen LogP contribution in [0.2, 0.25) is 0 Å². The molecule has 0 N–H and O–H groups in total. The van der Waals surface area contributed by atoms with E-state index in [1.54, 1.807) is 23.3 Å². The highest BCUT2D eigenvalue weighted by atomic mass is 79.9. The van der Waals surface area contributed by atoms with Gasteiger partial charge in [0.25, 0.3) is 5.22 Å². The van der Waals surface area contributed by atoms with Crippen molar-refractivity contribution in [3.63, 3.8) is 0 Å². The summed E-state index contributed by atoms with van der Waals surface area (Å²) >= 11 is 6.34. The fourth-order valence-electron chi connectivity index (χ4n) is 2.22. The number of carbonyl (C=O) groups excluding carboxylic acids is 1. The summed E-state index contributed by atoms with van der Waals surface area (Å²) in [6, 6.07) is 7.86. The molecule has 26 heavy (non-hydrogen) atoms. The van der Waals surface area contributed by atoms with Gasteiger partial charge in [-0.15, -0.1) is 21.5 Å². The third-order valence-corrected chi connectivity index (χ3v) is 5.96. The minimum absolute atomic E-state index is 0.000583. The maximum atomic E-state index is 12.3. The molecule has 0 aliphatic rings. The molecule has 3 rings (SSSR count). The number of hydrogen-bond donors (Lipinski definition) is 0. The van der Waals surface area contributed by atoms with Crippen molar-refractivity contribution in [1.29, 1.82) is 0 Å². The molecule has 6 nitrogen and oxygen atoms in total. The Morgan fingerprint density at radius 1 is 1.35 bits per heavy atom. The van der Waals surface area contributed by atoms with Crippen molar-refractivity contribution in [1.82, 2.24) is 20.1 Å². The number of thiazole rings is 1. The topological polar surface area (TPSA) is 72.1 Å². The van der Waals surface area contributed by atoms with Crippen LogP contribution in [0.4, 0.5) is 0 Å². The molecule has 0 saturated heterocycles. The second kappa shape index (κ2) is 8.79. The van der Waals surface area contributed by atoms with E-state index in [4.69, 9.17) is 4.42 Å². The van der Waals surface area contributed by atoms with Crippen molar-refractivity contribution >= 4 is 44.9 Å². The molecule has 1 amide bonds. The van der Waals surface area contributed by atoms with E-state index >= 15 is 0 Å². The number of halogens is 1. The standard InChI is InChI=1S/C17H17BrN4O2S2/c1-11-19-13(9-25-11)7-15-20-21-17(24-15)26-10-16(23)22(2)8-12-5-3-4-6-14(12)18/h3-6,9H,7-8,10H2,1-2H3. The number of nitrogens with zero attached hydrogens (tertiary/aromatic N) is 4. The first kappa shape index (κ1) is 19.1. The quantitative estimate of drug-likeness (QED) is 0.505. The largest absolute Gasteiger partial charge is 0.416 e. The van der Waals surface area contributed by atoms with Gasteiger partial charge in [0.1, 0.15) is 0 Å². The molecule has 0 spiro atoms. The van der Waals surface area contributed by atoms with Gasteiger partial charge in [-0.2, -0.15) is 0 Å². The van der Waals surface area contributed by atoms with E-state index < -0.39 is 0 Å². The Hall–Kier alpha value is -1.71. The molecule has 0 radical (unpaired) electrons. The zero-order valence-corrected chi connectivity index (χ0v) is 17.5. The van der Waals surface area contributed by atoms with E-state index in [1.165, 1.54) is 11.8 Å². The average Bonchev–Trinajstić information content (AvgIpc) is 3.24. The lowest BCUT2D eigenvalue weighted by molar-refractivity contribution is -0.127. The Kier molecular flexibility index (Phi) is 6.44. The fraction of sp³-hybridized carbons (Fsp3) is 0.294. The highest BCUT2D eigenvalue weighted by molar-refractivity contribution is 9.10. The Morgan fingerprint density at radius 3 is 2.88 bits per heavy atom. The minimum atomic E-state index is 0.000583. The number of amides is 1. The molecule has 3 aromatic rings. The maximum Gasteiger partial charge on any atom is 0.277 e. The minimum Gasteiger partial charge on any atom is -0.416 e. The van der Waals surface area contributed by atoms with Crippen LogP contribution in [0.1, 0.15) is 22.2 Å². The number of aromatic nitrogens is 3. The predicted octanol–water partition coefficient (Wildman–Crippen LogP) is 3.94. The molecule has 0 fully saturated rings. The van der Waals surface area contributed by atoms with E-state index in [1.807, 2.05) is 36.6 Å². The van der Waals surface area contributed by atoms with Crippen LogP contribution in [0.15, 0.2) is 43.8 Å². The van der Waals surface area contributed by atoms with Gasteiger partial charge in [0.2, 0.25) is 11.8 Å². The van der Waals surface area contributed by atoms with Crippen molar-refractivity contribution in [2.75, 3.05) is 12.8 Å². The lowest BCUT2D eigenvalue weighted by Crippen LogP contribution is -2.27. The van der Waals surface area contributed by atoms with Crippen molar-refractivity contribution < 1.29 is 9.21 Å². The van der Waals surface area contributed by atoms with Gasteiger partial charge < -0.3 is 9.32 Å². The zero-order chi connectivity index (χ0) is 18.5. The lowest BCUT2D eigenvalue weighted by atomic mass is 10.2. The summed E-state index contributed by atoms with van der Waals surface area (Å²) in [6.45, 7) is 2.50. The molecule has 2 heterocycles. The normalized spacial score (nSPS) is 10.9. The molecular formula is C17H17BrN4O2S2. The molecule has 1 aromatic carbocycles. The molecule has 0 atom stereocenters. The summed E-state index contributed by atoms with van der Waals surface area (Å²) in [6.07, 6.45) is 0.508. The first-order valence-electron chi connectivity index (χ1n) is 7.85. The molecule has 9 heteroatoms. The predicted molar refractivity (Wildman–Crippen MR) is 105 cm³/mol. The van der Waals surface area contributed by atoms with E-state index in [-0.39, 0.29) is 11.7 Å². The van der Waals surface area contributed by atoms with Crippen LogP contribution in [0.25, 0.3) is 0 Å². The summed E-state index contributed by atoms with van der Waals surface area (Å²) in [7, 11) is 1.78. The van der Waals surface area contributed by atoms with E-state index in [0.717, 1.165) is 20.7 Å². The Labute approximate surface area is 168 Å². The van der Waals surface area contributed by atoms with Crippen LogP contribution in [-0.2, 0) is 17.8 Å². The van der Waals surface area contributed by atoms with Crippen LogP contribution in [0.5, 0.6) is 0 Å². The van der Waals surface area contributed by atoms with Gasteiger partial charge >= 0.3 is 0 Å². The molecular weight excluding hydrogens is 436 g/mol. The van der Waals surface area contributed by atoms with Crippen LogP contribution >= 0.6 is 39.0 Å². The smallest absolute Gasteiger partial charge is 0.277 e. The molecule has 0 bridgehead atoms. The van der Waals surface area contributed by atoms with Gasteiger partial charge in [0.05, 0.1) is 22.9 Å². The number of thioether (sulfide) groups is 1. The van der Waals surface area contributed by atoms with Crippen molar-refractivity contribution in [3.8, 4) is 0 Å². The summed E-state index contributed by atoms with van der Waals surface area (Å²) in [5.74, 6) is 0.755. The fourth-order valence-corrected chi connectivity index (χ4v) is 3.96. The molecule has 0 aliphatic carbocycles. The number of carbonyl (C=O) groups is 1. The van der Waals surface area contributed by atoms with Crippen LogP contribution in [0.3, 0.4) is 0 Å². The van der Waals surface area contributed by atoms with E-state index in [9.17, 15) is 4.79 Å². The van der Waals surface area contributed by atoms with Gasteiger partial charge in [-0.25, -0.2) is 4.98 Å². The summed E-state index contributed by atoms with van der Waals surface area (Å²) in [5, 5.41) is 11.4. The molecule has 0 saturated carbocycles. The second-order valence-corrected chi connectivity index (χ2v) is 8.47. The molecule has 0 unspecified atom stereocenters. The maximum absolute atomic E-state index is 12.3. The third kappa shape index (κ3) is 5.15. The number of hydrogen-bond acceptors (Lipinski definition) is 7. The van der Waals surface area contributed by atoms with Gasteiger partial charge in [-0.3, -0.25) is 4.79 Å². The Balaban J connectivity index is 1.50. The number of benzene rings is 1. The Bertz CT molecular complexity index is 896. The van der Waals surface area contributed by atoms with Gasteiger partial charge in [-0.1, -0.05) is 45.9 Å². The average molecular weight is 453 g/mol. The monoisotopic (exact) mass is 452 g/mol. The third-order valence-electron chi connectivity index (χ3n) is 3.56. The Morgan fingerprint density at radius 2 is 2.15 bits per heavy atom. The first-order valence-corrected chi connectivity index (χ1v) is 10.5. The summed E-state index contributed by atoms with van der Waals surface area (Å²) < 4.78 is 6.58. The number of rotatable bonds is 7. The van der Waals surface area contributed by atoms with Crippen molar-refractivity contribution in [3.05, 3.63) is 56.3 Å². The van der Waals surface area contributed by atoms with Crippen LogP contribution in [-0.4, -0.2) is 38.8 Å². The summed E-state index contributed by atoms with van der Waals surface area (Å²) in [4.78, 5) is 18.4. The van der Waals surface area contributed by atoms with Crippen molar-refractivity contribution in [2.45, 2.75) is 25.1 Å². The van der Waals surface area contributed by atoms with Crippen molar-refractivity contribution in [2.24, 2.45) is 0 Å². The highest BCUT2D eigenvalue weighted by Crippen LogP contribution is 2.21. The van der Waals surface area contributed by atoms with Gasteiger partial charge in [-0.05, 0) is 18.6 Å². The lowest BCUT2D eigenvalue weighted by Gasteiger charge is -2.17. The van der Waals surface area contributed by atoms with Crippen LogP contribution in [0, 0.1) is 6.92 Å². The van der Waals surface area contributed by atoms with Gasteiger partial charge in [0, 0.05) is 23.4 Å². The zero-order valence-electron chi connectivity index (χ0n) is 14.3. The molecule has 136 valence electrons. The van der Waals surface area contributed by atoms with Crippen LogP contribution < -0.4 is 0 Å². The van der Waals surface area contributed by atoms with E-state index in [2.05, 4.69) is 31.1 Å². The molecule has 2 aromatic heterocycles. The molecule has 0 aliphatic heterocycles. The van der Waals surface area contributed by atoms with Gasteiger partial charge in [0.15, 0.2) is 0 Å². The second-order valence-electron chi connectivity index (χ2n) is 5.63. The summed E-state index contributed by atoms with van der Waals surface area (Å²) in [5.41, 5.74) is 1.98. The number of aryl methyl sites for hydroxylation is 1. The first-order chi connectivity index (χ1) is 12.5. The SMILES string of the molecule is Cc1nc(Cc2nnc(SCC(=O)N(C)Cc3ccccc3Br)o2)cs1. The van der Waals surface area contributed by atoms with E-state index in [0.29, 0.717) is 24.1 Å². The highest BCUT2D eigenvalue weighted by Gasteiger charge is 2.15.